The molecule has 0 bridgehead atoms. The van der Waals surface area contributed by atoms with E-state index < -0.39 is 0 Å². The predicted octanol–water partition coefficient (Wildman–Crippen LogP) is 1.70. The van der Waals surface area contributed by atoms with E-state index in [1.807, 2.05) is 0 Å². The average molecular weight is 126 g/mol. The SMILES string of the molecule is OC1CCC12CCCC2. The fourth-order valence-electron chi connectivity index (χ4n) is 2.34. The minimum atomic E-state index is 0.0694. The molecule has 1 nitrogen and oxygen atoms in total. The van der Waals surface area contributed by atoms with E-state index in [1.165, 1.54) is 32.1 Å². The van der Waals surface area contributed by atoms with Gasteiger partial charge in [-0.15, -0.1) is 0 Å². The molecule has 1 heteroatoms. The molecule has 0 aromatic rings. The summed E-state index contributed by atoms with van der Waals surface area (Å²) in [6.07, 6.45) is 7.75. The van der Waals surface area contributed by atoms with E-state index in [1.54, 1.807) is 0 Å². The first-order chi connectivity index (χ1) is 4.33. The summed E-state index contributed by atoms with van der Waals surface area (Å²) in [7, 11) is 0. The minimum absolute atomic E-state index is 0.0694. The quantitative estimate of drug-likeness (QED) is 0.523. The van der Waals surface area contributed by atoms with Crippen LogP contribution in [0.3, 0.4) is 0 Å². The van der Waals surface area contributed by atoms with Crippen molar-refractivity contribution in [3.05, 3.63) is 0 Å². The highest BCUT2D eigenvalue weighted by Gasteiger charge is 2.46. The van der Waals surface area contributed by atoms with Crippen LogP contribution in [0.4, 0.5) is 0 Å². The number of hydrogen-bond donors (Lipinski definition) is 1. The molecule has 0 radical (unpaired) electrons. The first kappa shape index (κ1) is 5.72. The molecule has 0 amide bonds. The van der Waals surface area contributed by atoms with E-state index >= 15 is 0 Å². The van der Waals surface area contributed by atoms with Crippen LogP contribution in [0, 0.1) is 5.41 Å². The van der Waals surface area contributed by atoms with Gasteiger partial charge in [0.15, 0.2) is 0 Å². The summed E-state index contributed by atoms with van der Waals surface area (Å²) < 4.78 is 0. The molecule has 2 aliphatic rings. The monoisotopic (exact) mass is 126 g/mol. The molecule has 0 aromatic carbocycles. The summed E-state index contributed by atoms with van der Waals surface area (Å²) in [5.74, 6) is 0. The molecule has 2 aliphatic carbocycles. The summed E-state index contributed by atoms with van der Waals surface area (Å²) in [6, 6.07) is 0. The Labute approximate surface area is 56.1 Å². The lowest BCUT2D eigenvalue weighted by Gasteiger charge is -2.43. The van der Waals surface area contributed by atoms with Gasteiger partial charge in [0.2, 0.25) is 0 Å². The molecular formula is C8H14O. The van der Waals surface area contributed by atoms with Crippen LogP contribution in [0.5, 0.6) is 0 Å². The van der Waals surface area contributed by atoms with Gasteiger partial charge in [0.05, 0.1) is 6.10 Å². The van der Waals surface area contributed by atoms with Crippen molar-refractivity contribution in [3.63, 3.8) is 0 Å². The van der Waals surface area contributed by atoms with Gasteiger partial charge in [-0.1, -0.05) is 12.8 Å². The normalized spacial score (nSPS) is 39.0. The number of aliphatic hydroxyl groups is 1. The molecule has 0 aromatic heterocycles. The maximum absolute atomic E-state index is 9.40. The molecule has 0 saturated heterocycles. The Morgan fingerprint density at radius 1 is 1.11 bits per heavy atom. The van der Waals surface area contributed by atoms with E-state index in [4.69, 9.17) is 0 Å². The molecule has 0 heterocycles. The molecule has 9 heavy (non-hydrogen) atoms. The van der Waals surface area contributed by atoms with Gasteiger partial charge >= 0.3 is 0 Å². The minimum Gasteiger partial charge on any atom is -0.393 e. The van der Waals surface area contributed by atoms with Gasteiger partial charge in [0.1, 0.15) is 0 Å². The zero-order chi connectivity index (χ0) is 6.32. The highest BCUT2D eigenvalue weighted by Crippen LogP contribution is 2.52. The maximum Gasteiger partial charge on any atom is 0.0596 e. The standard InChI is InChI=1S/C8H14O/c9-7-3-6-8(7)4-1-2-5-8/h7,9H,1-6H2. The largest absolute Gasteiger partial charge is 0.393 e. The summed E-state index contributed by atoms with van der Waals surface area (Å²) in [5, 5.41) is 9.40. The van der Waals surface area contributed by atoms with Crippen molar-refractivity contribution in [3.8, 4) is 0 Å². The average Bonchev–Trinajstić information content (AvgIpc) is 2.34. The van der Waals surface area contributed by atoms with Gasteiger partial charge in [-0.25, -0.2) is 0 Å². The molecule has 1 N–H and O–H groups in total. The topological polar surface area (TPSA) is 20.2 Å². The van der Waals surface area contributed by atoms with Crippen molar-refractivity contribution in [2.45, 2.75) is 44.6 Å². The molecule has 2 fully saturated rings. The van der Waals surface area contributed by atoms with Gasteiger partial charge in [0.25, 0.3) is 0 Å². The zero-order valence-corrected chi connectivity index (χ0v) is 5.77. The van der Waals surface area contributed by atoms with Crippen LogP contribution in [0.2, 0.25) is 0 Å². The van der Waals surface area contributed by atoms with Crippen molar-refractivity contribution in [2.75, 3.05) is 0 Å². The Morgan fingerprint density at radius 2 is 1.78 bits per heavy atom. The van der Waals surface area contributed by atoms with E-state index in [9.17, 15) is 5.11 Å². The number of rotatable bonds is 0. The molecule has 2 rings (SSSR count). The lowest BCUT2D eigenvalue weighted by molar-refractivity contribution is -0.0597. The Kier molecular flexibility index (Phi) is 1.10. The fourth-order valence-corrected chi connectivity index (χ4v) is 2.34. The second kappa shape index (κ2) is 1.72. The first-order valence-electron chi connectivity index (χ1n) is 4.02. The van der Waals surface area contributed by atoms with Crippen molar-refractivity contribution < 1.29 is 5.11 Å². The van der Waals surface area contributed by atoms with E-state index in [2.05, 4.69) is 0 Å². The van der Waals surface area contributed by atoms with Gasteiger partial charge in [0, 0.05) is 0 Å². The van der Waals surface area contributed by atoms with E-state index in [-0.39, 0.29) is 6.10 Å². The predicted molar refractivity (Wildman–Crippen MR) is 36.1 cm³/mol. The third-order valence-electron chi connectivity index (χ3n) is 3.22. The Hall–Kier alpha value is -0.0400. The molecule has 1 unspecified atom stereocenters. The number of aliphatic hydroxyl groups excluding tert-OH is 1. The van der Waals surface area contributed by atoms with Crippen molar-refractivity contribution in [1.82, 2.24) is 0 Å². The molecular weight excluding hydrogens is 112 g/mol. The van der Waals surface area contributed by atoms with Crippen LogP contribution in [0.1, 0.15) is 38.5 Å². The van der Waals surface area contributed by atoms with Gasteiger partial charge in [-0.2, -0.15) is 0 Å². The maximum atomic E-state index is 9.40. The Morgan fingerprint density at radius 3 is 2.00 bits per heavy atom. The van der Waals surface area contributed by atoms with Crippen LogP contribution < -0.4 is 0 Å². The molecule has 0 aliphatic heterocycles. The lowest BCUT2D eigenvalue weighted by Crippen LogP contribution is -2.42. The molecule has 1 atom stereocenters. The summed E-state index contributed by atoms with van der Waals surface area (Å²) in [5.41, 5.74) is 0.431. The highest BCUT2D eigenvalue weighted by molar-refractivity contribution is 4.98. The van der Waals surface area contributed by atoms with Gasteiger partial charge in [-0.05, 0) is 31.1 Å². The zero-order valence-electron chi connectivity index (χ0n) is 5.77. The second-order valence-electron chi connectivity index (χ2n) is 3.62. The smallest absolute Gasteiger partial charge is 0.0596 e. The summed E-state index contributed by atoms with van der Waals surface area (Å²) in [6.45, 7) is 0. The Balaban J connectivity index is 2.06. The summed E-state index contributed by atoms with van der Waals surface area (Å²) in [4.78, 5) is 0. The third-order valence-corrected chi connectivity index (χ3v) is 3.22. The van der Waals surface area contributed by atoms with Gasteiger partial charge in [-0.3, -0.25) is 0 Å². The van der Waals surface area contributed by atoms with Crippen LogP contribution >= 0.6 is 0 Å². The Bertz CT molecular complexity index is 114. The lowest BCUT2D eigenvalue weighted by atomic mass is 9.65. The first-order valence-corrected chi connectivity index (χ1v) is 4.02. The van der Waals surface area contributed by atoms with E-state index in [0.717, 1.165) is 6.42 Å². The molecule has 2 saturated carbocycles. The van der Waals surface area contributed by atoms with Gasteiger partial charge < -0.3 is 5.11 Å². The second-order valence-corrected chi connectivity index (χ2v) is 3.62. The van der Waals surface area contributed by atoms with Crippen LogP contribution in [-0.2, 0) is 0 Å². The van der Waals surface area contributed by atoms with Crippen molar-refractivity contribution in [1.29, 1.82) is 0 Å². The van der Waals surface area contributed by atoms with Crippen LogP contribution in [0.15, 0.2) is 0 Å². The number of hydrogen-bond acceptors (Lipinski definition) is 1. The molecule has 52 valence electrons. The van der Waals surface area contributed by atoms with Crippen molar-refractivity contribution in [2.24, 2.45) is 5.41 Å². The fraction of sp³-hybridized carbons (Fsp3) is 1.00. The van der Waals surface area contributed by atoms with Crippen LogP contribution in [-0.4, -0.2) is 11.2 Å². The van der Waals surface area contributed by atoms with E-state index in [0.29, 0.717) is 5.41 Å². The highest BCUT2D eigenvalue weighted by atomic mass is 16.3. The van der Waals surface area contributed by atoms with Crippen molar-refractivity contribution >= 4 is 0 Å². The van der Waals surface area contributed by atoms with Crippen LogP contribution in [0.25, 0.3) is 0 Å². The summed E-state index contributed by atoms with van der Waals surface area (Å²) >= 11 is 0. The molecule has 1 spiro atoms. The third kappa shape index (κ3) is 0.644.